The topological polar surface area (TPSA) is 71.7 Å². The Labute approximate surface area is 145 Å². The Morgan fingerprint density at radius 3 is 2.54 bits per heavy atom. The van der Waals surface area contributed by atoms with E-state index in [2.05, 4.69) is 16.9 Å². The number of nitrogens with two attached hydrogens (primary N) is 1. The molecule has 0 radical (unpaired) electrons. The van der Waals surface area contributed by atoms with E-state index in [1.165, 1.54) is 0 Å². The van der Waals surface area contributed by atoms with Crippen LogP contribution in [0.4, 0.5) is 10.6 Å². The van der Waals surface area contributed by atoms with Crippen molar-refractivity contribution in [3.63, 3.8) is 0 Å². The summed E-state index contributed by atoms with van der Waals surface area (Å²) >= 11 is 0. The predicted octanol–water partition coefficient (Wildman–Crippen LogP) is 2.62. The van der Waals surface area contributed by atoms with Gasteiger partial charge in [0, 0.05) is 39.4 Å². The van der Waals surface area contributed by atoms with E-state index in [1.54, 1.807) is 0 Å². The zero-order valence-electron chi connectivity index (χ0n) is 15.3. The van der Waals surface area contributed by atoms with Crippen molar-refractivity contribution in [3.8, 4) is 0 Å². The smallest absolute Gasteiger partial charge is 0.410 e. The lowest BCUT2D eigenvalue weighted by molar-refractivity contribution is 0.0186. The van der Waals surface area contributed by atoms with Gasteiger partial charge < -0.3 is 20.3 Å². The highest BCUT2D eigenvalue weighted by Gasteiger charge is 2.27. The molecule has 2 rings (SSSR count). The van der Waals surface area contributed by atoms with Crippen molar-refractivity contribution in [2.75, 3.05) is 31.6 Å². The van der Waals surface area contributed by atoms with Crippen LogP contribution in [0.25, 0.3) is 0 Å². The van der Waals surface area contributed by atoms with Crippen LogP contribution in [0.5, 0.6) is 0 Å². The molecule has 1 aromatic heterocycles. The summed E-state index contributed by atoms with van der Waals surface area (Å²) in [5.41, 5.74) is 6.21. The monoisotopic (exact) mass is 334 g/mol. The Bertz CT molecular complexity index is 531. The van der Waals surface area contributed by atoms with Gasteiger partial charge in [-0.2, -0.15) is 0 Å². The van der Waals surface area contributed by atoms with Crippen molar-refractivity contribution >= 4 is 11.9 Å². The van der Waals surface area contributed by atoms with E-state index in [4.69, 9.17) is 10.5 Å². The lowest BCUT2D eigenvalue weighted by atomic mass is 9.96. The number of aromatic nitrogens is 1. The third kappa shape index (κ3) is 5.37. The average Bonchev–Trinajstić information content (AvgIpc) is 2.54. The van der Waals surface area contributed by atoms with Crippen molar-refractivity contribution in [2.45, 2.75) is 45.8 Å². The molecule has 0 aromatic carbocycles. The SMILES string of the molecule is CN(CC1CCN(C(=O)OC(C)(C)C)CC1)c1ccc(CN)cn1. The molecular formula is C18H30N4O2. The third-order valence-electron chi connectivity index (χ3n) is 4.23. The molecule has 24 heavy (non-hydrogen) atoms. The molecule has 0 atom stereocenters. The normalized spacial score (nSPS) is 16.1. The zero-order chi connectivity index (χ0) is 17.7. The number of hydrogen-bond donors (Lipinski definition) is 1. The largest absolute Gasteiger partial charge is 0.444 e. The molecule has 0 spiro atoms. The highest BCUT2D eigenvalue weighted by atomic mass is 16.6. The van der Waals surface area contributed by atoms with E-state index >= 15 is 0 Å². The van der Waals surface area contributed by atoms with Gasteiger partial charge >= 0.3 is 6.09 Å². The molecular weight excluding hydrogens is 304 g/mol. The molecule has 1 amide bonds. The second-order valence-corrected chi connectivity index (χ2v) is 7.52. The van der Waals surface area contributed by atoms with Crippen molar-refractivity contribution in [2.24, 2.45) is 11.7 Å². The number of rotatable bonds is 4. The Morgan fingerprint density at radius 1 is 1.38 bits per heavy atom. The van der Waals surface area contributed by atoms with Gasteiger partial charge in [0.1, 0.15) is 11.4 Å². The zero-order valence-corrected chi connectivity index (χ0v) is 15.3. The summed E-state index contributed by atoms with van der Waals surface area (Å²) in [6.07, 6.45) is 3.61. The second-order valence-electron chi connectivity index (χ2n) is 7.52. The molecule has 1 aliphatic rings. The average molecular weight is 334 g/mol. The molecule has 0 bridgehead atoms. The quantitative estimate of drug-likeness (QED) is 0.916. The van der Waals surface area contributed by atoms with Gasteiger partial charge in [0.15, 0.2) is 0 Å². The van der Waals surface area contributed by atoms with Crippen molar-refractivity contribution in [1.82, 2.24) is 9.88 Å². The maximum atomic E-state index is 12.1. The summed E-state index contributed by atoms with van der Waals surface area (Å²) in [4.78, 5) is 20.5. The maximum absolute atomic E-state index is 12.1. The first-order valence-electron chi connectivity index (χ1n) is 8.62. The van der Waals surface area contributed by atoms with Gasteiger partial charge in [-0.3, -0.25) is 0 Å². The van der Waals surface area contributed by atoms with Gasteiger partial charge in [-0.1, -0.05) is 6.07 Å². The van der Waals surface area contributed by atoms with E-state index in [9.17, 15) is 4.79 Å². The summed E-state index contributed by atoms with van der Waals surface area (Å²) in [6, 6.07) is 4.03. The summed E-state index contributed by atoms with van der Waals surface area (Å²) in [5, 5.41) is 0. The van der Waals surface area contributed by atoms with Crippen molar-refractivity contribution < 1.29 is 9.53 Å². The molecule has 6 nitrogen and oxygen atoms in total. The number of likely N-dealkylation sites (tertiary alicyclic amines) is 1. The first-order chi connectivity index (χ1) is 11.3. The van der Waals surface area contributed by atoms with Gasteiger partial charge in [0.05, 0.1) is 0 Å². The summed E-state index contributed by atoms with van der Waals surface area (Å²) in [7, 11) is 2.06. The molecule has 1 aromatic rings. The van der Waals surface area contributed by atoms with Crippen molar-refractivity contribution in [3.05, 3.63) is 23.9 Å². The Balaban J connectivity index is 1.80. The van der Waals surface area contributed by atoms with Crippen LogP contribution in [0.3, 0.4) is 0 Å². The van der Waals surface area contributed by atoms with Crippen LogP contribution in [-0.4, -0.2) is 48.3 Å². The maximum Gasteiger partial charge on any atom is 0.410 e. The highest BCUT2D eigenvalue weighted by Crippen LogP contribution is 2.22. The van der Waals surface area contributed by atoms with Crippen LogP contribution < -0.4 is 10.6 Å². The van der Waals surface area contributed by atoms with Gasteiger partial charge in [-0.05, 0) is 51.2 Å². The Morgan fingerprint density at radius 2 is 2.04 bits per heavy atom. The number of nitrogens with zero attached hydrogens (tertiary/aromatic N) is 3. The van der Waals surface area contributed by atoms with E-state index in [0.29, 0.717) is 12.5 Å². The van der Waals surface area contributed by atoms with Crippen LogP contribution in [-0.2, 0) is 11.3 Å². The number of hydrogen-bond acceptors (Lipinski definition) is 5. The predicted molar refractivity (Wildman–Crippen MR) is 95.9 cm³/mol. The minimum absolute atomic E-state index is 0.201. The number of pyridine rings is 1. The summed E-state index contributed by atoms with van der Waals surface area (Å²) < 4.78 is 5.44. The molecule has 1 saturated heterocycles. The fraction of sp³-hybridized carbons (Fsp3) is 0.667. The fourth-order valence-electron chi connectivity index (χ4n) is 2.87. The number of carbonyl (C=O) groups excluding carboxylic acids is 1. The van der Waals surface area contributed by atoms with E-state index < -0.39 is 5.60 Å². The van der Waals surface area contributed by atoms with Crippen LogP contribution in [0.2, 0.25) is 0 Å². The summed E-state index contributed by atoms with van der Waals surface area (Å²) in [6.45, 7) is 8.66. The lowest BCUT2D eigenvalue weighted by Crippen LogP contribution is -2.43. The van der Waals surface area contributed by atoms with Crippen LogP contribution >= 0.6 is 0 Å². The van der Waals surface area contributed by atoms with Crippen LogP contribution in [0.1, 0.15) is 39.2 Å². The number of carbonyl (C=O) groups is 1. The van der Waals surface area contributed by atoms with Crippen LogP contribution in [0, 0.1) is 5.92 Å². The molecule has 0 unspecified atom stereocenters. The van der Waals surface area contributed by atoms with Gasteiger partial charge in [-0.25, -0.2) is 9.78 Å². The van der Waals surface area contributed by atoms with E-state index in [0.717, 1.165) is 43.9 Å². The highest BCUT2D eigenvalue weighted by molar-refractivity contribution is 5.68. The first-order valence-corrected chi connectivity index (χ1v) is 8.62. The van der Waals surface area contributed by atoms with Crippen LogP contribution in [0.15, 0.2) is 18.3 Å². The number of piperidine rings is 1. The molecule has 0 saturated carbocycles. The summed E-state index contributed by atoms with van der Waals surface area (Å²) in [5.74, 6) is 1.52. The minimum atomic E-state index is -0.435. The number of amides is 1. The van der Waals surface area contributed by atoms with E-state index in [-0.39, 0.29) is 6.09 Å². The van der Waals surface area contributed by atoms with E-state index in [1.807, 2.05) is 44.0 Å². The molecule has 134 valence electrons. The number of anilines is 1. The molecule has 1 fully saturated rings. The molecule has 1 aliphatic heterocycles. The molecule has 6 heteroatoms. The minimum Gasteiger partial charge on any atom is -0.444 e. The molecule has 0 aliphatic carbocycles. The standard InChI is InChI=1S/C18H30N4O2/c1-18(2,3)24-17(23)22-9-7-14(8-10-22)13-21(4)16-6-5-15(11-19)12-20-16/h5-6,12,14H,7-11,13,19H2,1-4H3. The third-order valence-corrected chi connectivity index (χ3v) is 4.23. The second kappa shape index (κ2) is 7.83. The van der Waals surface area contributed by atoms with Gasteiger partial charge in [-0.15, -0.1) is 0 Å². The Hall–Kier alpha value is -1.82. The Kier molecular flexibility index (Phi) is 6.04. The van der Waals surface area contributed by atoms with Crippen molar-refractivity contribution in [1.29, 1.82) is 0 Å². The lowest BCUT2D eigenvalue weighted by Gasteiger charge is -2.35. The molecule has 2 N–H and O–H groups in total. The first kappa shape index (κ1) is 18.5. The van der Waals surface area contributed by atoms with Gasteiger partial charge in [0.25, 0.3) is 0 Å². The fourth-order valence-corrected chi connectivity index (χ4v) is 2.87. The number of ether oxygens (including phenoxy) is 1. The molecule has 2 heterocycles. The van der Waals surface area contributed by atoms with Gasteiger partial charge in [0.2, 0.25) is 0 Å².